The summed E-state index contributed by atoms with van der Waals surface area (Å²) in [6.07, 6.45) is -2.84. The molecule has 8 heteroatoms. The van der Waals surface area contributed by atoms with Crippen LogP contribution in [-0.2, 0) is 19.3 Å². The molecule has 1 aliphatic rings. The van der Waals surface area contributed by atoms with Gasteiger partial charge in [0, 0.05) is 35.9 Å². The van der Waals surface area contributed by atoms with Crippen molar-refractivity contribution in [1.82, 2.24) is 19.7 Å². The van der Waals surface area contributed by atoms with Gasteiger partial charge in [0.25, 0.3) is 0 Å². The van der Waals surface area contributed by atoms with E-state index in [2.05, 4.69) is 24.6 Å². The fourth-order valence-corrected chi connectivity index (χ4v) is 3.75. The van der Waals surface area contributed by atoms with Crippen molar-refractivity contribution in [2.24, 2.45) is 0 Å². The van der Waals surface area contributed by atoms with Crippen molar-refractivity contribution in [2.75, 3.05) is 11.4 Å². The van der Waals surface area contributed by atoms with Crippen LogP contribution in [-0.4, -0.2) is 26.3 Å². The van der Waals surface area contributed by atoms with Gasteiger partial charge in [-0.2, -0.15) is 13.2 Å². The maximum Gasteiger partial charge on any atom is 0.416 e. The van der Waals surface area contributed by atoms with Crippen molar-refractivity contribution in [3.05, 3.63) is 72.2 Å². The van der Waals surface area contributed by atoms with E-state index in [-0.39, 0.29) is 0 Å². The first-order chi connectivity index (χ1) is 14.0. The maximum absolute atomic E-state index is 13.0. The molecule has 0 spiro atoms. The van der Waals surface area contributed by atoms with Crippen LogP contribution in [0.25, 0.3) is 22.3 Å². The first-order valence-corrected chi connectivity index (χ1v) is 9.19. The fourth-order valence-electron chi connectivity index (χ4n) is 3.75. The van der Waals surface area contributed by atoms with Crippen LogP contribution in [0.5, 0.6) is 0 Å². The molecule has 5 nitrogen and oxygen atoms in total. The highest BCUT2D eigenvalue weighted by atomic mass is 19.4. The van der Waals surface area contributed by atoms with E-state index < -0.39 is 11.7 Å². The topological polar surface area (TPSA) is 46.8 Å². The number of hydrogen-bond donors (Lipinski definition) is 0. The zero-order valence-corrected chi connectivity index (χ0v) is 15.3. The van der Waals surface area contributed by atoms with E-state index in [0.29, 0.717) is 30.5 Å². The first kappa shape index (κ1) is 17.7. The van der Waals surface area contributed by atoms with Crippen molar-refractivity contribution in [2.45, 2.75) is 19.3 Å². The van der Waals surface area contributed by atoms with Gasteiger partial charge in [0.15, 0.2) is 11.6 Å². The number of nitrogens with zero attached hydrogens (tertiary/aromatic N) is 5. The van der Waals surface area contributed by atoms with E-state index in [0.717, 1.165) is 35.0 Å². The Labute approximate surface area is 164 Å². The molecule has 0 radical (unpaired) electrons. The molecule has 0 unspecified atom stereocenters. The zero-order valence-electron chi connectivity index (χ0n) is 15.3. The monoisotopic (exact) mass is 395 g/mol. The van der Waals surface area contributed by atoms with Gasteiger partial charge in [-0.05, 0) is 18.2 Å². The SMILES string of the molecule is FC(F)(F)c1ccc2c(N3CCn4c(nnc4-c4ccccc4)C3)ccnc2c1. The number of aromatic nitrogens is 4. The Morgan fingerprint density at radius 3 is 2.52 bits per heavy atom. The minimum atomic E-state index is -4.39. The van der Waals surface area contributed by atoms with Crippen molar-refractivity contribution in [1.29, 1.82) is 0 Å². The first-order valence-electron chi connectivity index (χ1n) is 9.19. The van der Waals surface area contributed by atoms with Gasteiger partial charge in [0.1, 0.15) is 0 Å². The van der Waals surface area contributed by atoms with Gasteiger partial charge < -0.3 is 9.47 Å². The van der Waals surface area contributed by atoms with E-state index in [1.165, 1.54) is 6.07 Å². The molecule has 2 aromatic heterocycles. The lowest BCUT2D eigenvalue weighted by Gasteiger charge is -2.30. The molecule has 2 aromatic carbocycles. The largest absolute Gasteiger partial charge is 0.416 e. The average molecular weight is 395 g/mol. The Morgan fingerprint density at radius 2 is 1.72 bits per heavy atom. The molecule has 4 aromatic rings. The number of benzene rings is 2. The quantitative estimate of drug-likeness (QED) is 0.500. The van der Waals surface area contributed by atoms with E-state index in [4.69, 9.17) is 0 Å². The second-order valence-electron chi connectivity index (χ2n) is 6.94. The highest BCUT2D eigenvalue weighted by Gasteiger charge is 2.31. The normalized spacial score (nSPS) is 14.2. The van der Waals surface area contributed by atoms with Crippen molar-refractivity contribution >= 4 is 16.6 Å². The predicted octanol–water partition coefficient (Wildman–Crippen LogP) is 4.53. The molecule has 146 valence electrons. The summed E-state index contributed by atoms with van der Waals surface area (Å²) in [6.45, 7) is 1.92. The molecule has 29 heavy (non-hydrogen) atoms. The summed E-state index contributed by atoms with van der Waals surface area (Å²) in [5, 5.41) is 9.38. The Balaban J connectivity index is 1.49. The van der Waals surface area contributed by atoms with Crippen molar-refractivity contribution < 1.29 is 13.2 Å². The van der Waals surface area contributed by atoms with Gasteiger partial charge in [0.05, 0.1) is 17.6 Å². The van der Waals surface area contributed by atoms with Crippen LogP contribution in [0, 0.1) is 0 Å². The average Bonchev–Trinajstić information content (AvgIpc) is 3.16. The predicted molar refractivity (Wildman–Crippen MR) is 103 cm³/mol. The zero-order chi connectivity index (χ0) is 20.0. The van der Waals surface area contributed by atoms with Crippen molar-refractivity contribution in [3.8, 4) is 11.4 Å². The number of halogens is 3. The molecule has 0 saturated heterocycles. The van der Waals surface area contributed by atoms with Crippen LogP contribution < -0.4 is 4.90 Å². The molecular weight excluding hydrogens is 379 g/mol. The van der Waals surface area contributed by atoms with E-state index in [1.54, 1.807) is 6.20 Å². The summed E-state index contributed by atoms with van der Waals surface area (Å²) < 4.78 is 41.2. The van der Waals surface area contributed by atoms with Crippen LogP contribution in [0.3, 0.4) is 0 Å². The fraction of sp³-hybridized carbons (Fsp3) is 0.190. The number of rotatable bonds is 2. The smallest absolute Gasteiger partial charge is 0.362 e. The highest BCUT2D eigenvalue weighted by Crippen LogP contribution is 2.34. The van der Waals surface area contributed by atoms with Gasteiger partial charge in [0.2, 0.25) is 0 Å². The molecule has 3 heterocycles. The maximum atomic E-state index is 13.0. The van der Waals surface area contributed by atoms with Gasteiger partial charge in [-0.25, -0.2) is 0 Å². The summed E-state index contributed by atoms with van der Waals surface area (Å²) >= 11 is 0. The third-order valence-corrected chi connectivity index (χ3v) is 5.17. The Morgan fingerprint density at radius 1 is 0.897 bits per heavy atom. The molecule has 5 rings (SSSR count). The molecule has 0 bridgehead atoms. The molecule has 1 aliphatic heterocycles. The van der Waals surface area contributed by atoms with E-state index >= 15 is 0 Å². The number of alkyl halides is 3. The molecule has 0 atom stereocenters. The second-order valence-corrected chi connectivity index (χ2v) is 6.94. The molecule has 0 aliphatic carbocycles. The van der Waals surface area contributed by atoms with Gasteiger partial charge in [-0.1, -0.05) is 36.4 Å². The van der Waals surface area contributed by atoms with Crippen molar-refractivity contribution in [3.63, 3.8) is 0 Å². The minimum absolute atomic E-state index is 0.328. The molecule has 0 N–H and O–H groups in total. The third-order valence-electron chi connectivity index (χ3n) is 5.17. The van der Waals surface area contributed by atoms with E-state index in [9.17, 15) is 13.2 Å². The van der Waals surface area contributed by atoms with Gasteiger partial charge >= 0.3 is 6.18 Å². The minimum Gasteiger partial charge on any atom is -0.362 e. The summed E-state index contributed by atoms with van der Waals surface area (Å²) in [5.41, 5.74) is 1.49. The Bertz CT molecular complexity index is 1180. The molecular formula is C21H16F3N5. The van der Waals surface area contributed by atoms with Crippen LogP contribution >= 0.6 is 0 Å². The Kier molecular flexibility index (Phi) is 4.01. The summed E-state index contributed by atoms with van der Waals surface area (Å²) in [6, 6.07) is 15.4. The lowest BCUT2D eigenvalue weighted by molar-refractivity contribution is -0.137. The van der Waals surface area contributed by atoms with Crippen LogP contribution in [0.15, 0.2) is 60.8 Å². The van der Waals surface area contributed by atoms with E-state index in [1.807, 2.05) is 36.4 Å². The summed E-state index contributed by atoms with van der Waals surface area (Å²) in [4.78, 5) is 6.25. The number of anilines is 1. The highest BCUT2D eigenvalue weighted by molar-refractivity contribution is 5.92. The van der Waals surface area contributed by atoms with Gasteiger partial charge in [-0.15, -0.1) is 10.2 Å². The second kappa shape index (κ2) is 6.58. The Hall–Kier alpha value is -3.42. The third kappa shape index (κ3) is 3.10. The van der Waals surface area contributed by atoms with Crippen LogP contribution in [0.2, 0.25) is 0 Å². The summed E-state index contributed by atoms with van der Waals surface area (Å²) in [5.74, 6) is 1.65. The van der Waals surface area contributed by atoms with Gasteiger partial charge in [-0.3, -0.25) is 4.98 Å². The lowest BCUT2D eigenvalue weighted by atomic mass is 10.1. The lowest BCUT2D eigenvalue weighted by Crippen LogP contribution is -2.34. The molecule has 0 amide bonds. The summed E-state index contributed by atoms with van der Waals surface area (Å²) in [7, 11) is 0. The number of pyridine rings is 1. The number of hydrogen-bond acceptors (Lipinski definition) is 4. The number of fused-ring (bicyclic) bond motifs is 2. The standard InChI is InChI=1S/C21H16F3N5/c22-21(23,24)15-6-7-16-17(12-15)25-9-8-18(16)28-10-11-29-19(13-28)26-27-20(29)14-4-2-1-3-5-14/h1-9,12H,10-11,13H2. The van der Waals surface area contributed by atoms with Crippen LogP contribution in [0.4, 0.5) is 18.9 Å². The molecule has 0 fully saturated rings. The molecule has 0 saturated carbocycles. The van der Waals surface area contributed by atoms with Crippen LogP contribution in [0.1, 0.15) is 11.4 Å².